The van der Waals surface area contributed by atoms with E-state index in [4.69, 9.17) is 11.6 Å². The molecule has 0 radical (unpaired) electrons. The van der Waals surface area contributed by atoms with Crippen molar-refractivity contribution in [2.75, 3.05) is 13.1 Å². The van der Waals surface area contributed by atoms with Crippen LogP contribution in [0.3, 0.4) is 0 Å². The molecule has 0 aromatic heterocycles. The summed E-state index contributed by atoms with van der Waals surface area (Å²) in [5, 5.41) is 10.1. The number of halogens is 1. The Bertz CT molecular complexity index is 535. The van der Waals surface area contributed by atoms with Gasteiger partial charge in [0.05, 0.1) is 11.1 Å². The quantitative estimate of drug-likeness (QED) is 0.910. The summed E-state index contributed by atoms with van der Waals surface area (Å²) < 4.78 is 0. The number of aromatic hydroxyl groups is 1. The first kappa shape index (κ1) is 13.7. The van der Waals surface area contributed by atoms with Crippen molar-refractivity contribution in [3.05, 3.63) is 28.8 Å². The summed E-state index contributed by atoms with van der Waals surface area (Å²) in [5.74, 6) is 0.317. The summed E-state index contributed by atoms with van der Waals surface area (Å²) in [6.45, 7) is 4.34. The Hall–Kier alpha value is -1.26. The monoisotopic (exact) mass is 294 g/mol. The number of fused-ring (bicyclic) bond motifs is 1. The van der Waals surface area contributed by atoms with Gasteiger partial charge < -0.3 is 10.0 Å². The Morgan fingerprint density at radius 2 is 2.25 bits per heavy atom. The SMILES string of the molecule is C[C@H]1C(=O)N2CCC[C@@H]2CN1Cc1cccc(O)c1Cl. The van der Waals surface area contributed by atoms with E-state index < -0.39 is 0 Å². The molecule has 0 aliphatic carbocycles. The van der Waals surface area contributed by atoms with Crippen LogP contribution in [0.5, 0.6) is 5.75 Å². The number of piperazine rings is 1. The summed E-state index contributed by atoms with van der Waals surface area (Å²) in [6.07, 6.45) is 2.19. The van der Waals surface area contributed by atoms with E-state index in [9.17, 15) is 9.90 Å². The summed E-state index contributed by atoms with van der Waals surface area (Å²) in [5.41, 5.74) is 0.873. The van der Waals surface area contributed by atoms with E-state index in [1.807, 2.05) is 17.9 Å². The molecule has 0 unspecified atom stereocenters. The van der Waals surface area contributed by atoms with Gasteiger partial charge in [0.2, 0.25) is 5.91 Å². The Balaban J connectivity index is 1.80. The minimum Gasteiger partial charge on any atom is -0.506 e. The number of hydrogen-bond acceptors (Lipinski definition) is 3. The largest absolute Gasteiger partial charge is 0.506 e. The van der Waals surface area contributed by atoms with Crippen molar-refractivity contribution in [2.24, 2.45) is 0 Å². The number of nitrogens with zero attached hydrogens (tertiary/aromatic N) is 2. The maximum absolute atomic E-state index is 12.4. The third-order valence-corrected chi connectivity index (χ3v) is 4.88. The van der Waals surface area contributed by atoms with E-state index >= 15 is 0 Å². The van der Waals surface area contributed by atoms with Crippen molar-refractivity contribution in [1.29, 1.82) is 0 Å². The van der Waals surface area contributed by atoms with Gasteiger partial charge in [0.15, 0.2) is 0 Å². The molecule has 2 fully saturated rings. The molecule has 1 N–H and O–H groups in total. The van der Waals surface area contributed by atoms with Crippen LogP contribution in [0.2, 0.25) is 5.02 Å². The second-order valence-corrected chi connectivity index (χ2v) is 6.06. The summed E-state index contributed by atoms with van der Waals surface area (Å²) in [7, 11) is 0. The Morgan fingerprint density at radius 3 is 3.05 bits per heavy atom. The molecule has 2 aliphatic rings. The predicted molar refractivity (Wildman–Crippen MR) is 77.7 cm³/mol. The zero-order valence-corrected chi connectivity index (χ0v) is 12.3. The first-order valence-electron chi connectivity index (χ1n) is 7.09. The normalized spacial score (nSPS) is 26.9. The number of rotatable bonds is 2. The molecule has 2 atom stereocenters. The maximum Gasteiger partial charge on any atom is 0.239 e. The predicted octanol–water partition coefficient (Wildman–Crippen LogP) is 2.24. The molecule has 0 saturated carbocycles. The number of phenols is 1. The summed E-state index contributed by atoms with van der Waals surface area (Å²) >= 11 is 6.14. The highest BCUT2D eigenvalue weighted by atomic mass is 35.5. The zero-order valence-electron chi connectivity index (χ0n) is 11.6. The summed E-state index contributed by atoms with van der Waals surface area (Å²) in [6, 6.07) is 5.49. The van der Waals surface area contributed by atoms with Crippen molar-refractivity contribution < 1.29 is 9.90 Å². The van der Waals surface area contributed by atoms with E-state index in [0.29, 0.717) is 17.6 Å². The average Bonchev–Trinajstić information content (AvgIpc) is 2.89. The second kappa shape index (κ2) is 5.26. The fourth-order valence-corrected chi connectivity index (χ4v) is 3.44. The molecule has 1 aromatic carbocycles. The maximum atomic E-state index is 12.4. The van der Waals surface area contributed by atoms with Gasteiger partial charge in [-0.3, -0.25) is 9.69 Å². The van der Waals surface area contributed by atoms with Crippen LogP contribution in [-0.4, -0.2) is 46.0 Å². The van der Waals surface area contributed by atoms with Crippen molar-refractivity contribution >= 4 is 17.5 Å². The summed E-state index contributed by atoms with van der Waals surface area (Å²) in [4.78, 5) is 16.5. The highest BCUT2D eigenvalue weighted by Crippen LogP contribution is 2.31. The lowest BCUT2D eigenvalue weighted by Crippen LogP contribution is -2.58. The molecule has 0 spiro atoms. The molecule has 20 heavy (non-hydrogen) atoms. The minimum atomic E-state index is -0.122. The van der Waals surface area contributed by atoms with E-state index in [1.165, 1.54) is 0 Å². The standard InChI is InChI=1S/C15H19ClN2O2/c1-10-15(20)18-7-3-5-12(18)9-17(10)8-11-4-2-6-13(19)14(11)16/h2,4,6,10,12,19H,3,5,7-9H2,1H3/t10-,12+/m0/s1. The molecule has 4 nitrogen and oxygen atoms in total. The number of carbonyl (C=O) groups is 1. The minimum absolute atomic E-state index is 0.0997. The van der Waals surface area contributed by atoms with Crippen LogP contribution in [0.4, 0.5) is 0 Å². The van der Waals surface area contributed by atoms with E-state index in [2.05, 4.69) is 4.90 Å². The lowest BCUT2D eigenvalue weighted by Gasteiger charge is -2.41. The number of benzene rings is 1. The molecule has 2 aliphatic heterocycles. The van der Waals surface area contributed by atoms with Crippen molar-refractivity contribution in [2.45, 2.75) is 38.4 Å². The van der Waals surface area contributed by atoms with E-state index in [0.717, 1.165) is 31.5 Å². The molecule has 0 bridgehead atoms. The van der Waals surface area contributed by atoms with Crippen LogP contribution in [0.15, 0.2) is 18.2 Å². The molecular weight excluding hydrogens is 276 g/mol. The van der Waals surface area contributed by atoms with Crippen LogP contribution in [0, 0.1) is 0 Å². The number of carbonyl (C=O) groups excluding carboxylic acids is 1. The first-order valence-corrected chi connectivity index (χ1v) is 7.46. The number of phenolic OH excluding ortho intramolecular Hbond substituents is 1. The van der Waals surface area contributed by atoms with Gasteiger partial charge in [0, 0.05) is 25.7 Å². The lowest BCUT2D eigenvalue weighted by molar-refractivity contribution is -0.143. The Labute approximate surface area is 123 Å². The molecule has 108 valence electrons. The van der Waals surface area contributed by atoms with Crippen LogP contribution in [0.1, 0.15) is 25.3 Å². The van der Waals surface area contributed by atoms with Crippen LogP contribution >= 0.6 is 11.6 Å². The molecule has 3 rings (SSSR count). The van der Waals surface area contributed by atoms with E-state index in [-0.39, 0.29) is 17.7 Å². The zero-order chi connectivity index (χ0) is 14.3. The molecule has 2 saturated heterocycles. The number of amides is 1. The van der Waals surface area contributed by atoms with Crippen molar-refractivity contribution in [1.82, 2.24) is 9.80 Å². The van der Waals surface area contributed by atoms with Gasteiger partial charge in [-0.05, 0) is 31.4 Å². The van der Waals surface area contributed by atoms with E-state index in [1.54, 1.807) is 12.1 Å². The van der Waals surface area contributed by atoms with Gasteiger partial charge in [-0.2, -0.15) is 0 Å². The fourth-order valence-electron chi connectivity index (χ4n) is 3.25. The average molecular weight is 295 g/mol. The van der Waals surface area contributed by atoms with Crippen molar-refractivity contribution in [3.8, 4) is 5.75 Å². The fraction of sp³-hybridized carbons (Fsp3) is 0.533. The molecular formula is C15H19ClN2O2. The third-order valence-electron chi connectivity index (χ3n) is 4.44. The number of hydrogen-bond donors (Lipinski definition) is 1. The molecule has 1 aromatic rings. The molecule has 2 heterocycles. The van der Waals surface area contributed by atoms with Crippen LogP contribution in [-0.2, 0) is 11.3 Å². The van der Waals surface area contributed by atoms with Gasteiger partial charge in [-0.15, -0.1) is 0 Å². The molecule has 5 heteroatoms. The highest BCUT2D eigenvalue weighted by molar-refractivity contribution is 6.32. The topological polar surface area (TPSA) is 43.8 Å². The van der Waals surface area contributed by atoms with Crippen molar-refractivity contribution in [3.63, 3.8) is 0 Å². The Morgan fingerprint density at radius 1 is 1.45 bits per heavy atom. The third kappa shape index (κ3) is 2.27. The molecule has 1 amide bonds. The highest BCUT2D eigenvalue weighted by Gasteiger charge is 2.40. The van der Waals surface area contributed by atoms with Gasteiger partial charge in [-0.25, -0.2) is 0 Å². The van der Waals surface area contributed by atoms with Crippen LogP contribution in [0.25, 0.3) is 0 Å². The van der Waals surface area contributed by atoms with Crippen LogP contribution < -0.4 is 0 Å². The van der Waals surface area contributed by atoms with Gasteiger partial charge >= 0.3 is 0 Å². The van der Waals surface area contributed by atoms with Gasteiger partial charge in [0.25, 0.3) is 0 Å². The smallest absolute Gasteiger partial charge is 0.239 e. The Kier molecular flexibility index (Phi) is 3.61. The van der Waals surface area contributed by atoms with Gasteiger partial charge in [0.1, 0.15) is 5.75 Å². The van der Waals surface area contributed by atoms with Gasteiger partial charge in [-0.1, -0.05) is 23.7 Å². The lowest BCUT2D eigenvalue weighted by atomic mass is 10.1. The first-order chi connectivity index (χ1) is 9.58. The second-order valence-electron chi connectivity index (χ2n) is 5.68.